The van der Waals surface area contributed by atoms with Gasteiger partial charge in [-0.2, -0.15) is 0 Å². The number of nitroso groups, excluding NO2 is 1. The van der Waals surface area contributed by atoms with Gasteiger partial charge in [0.2, 0.25) is 0 Å². The Morgan fingerprint density at radius 2 is 1.03 bits per heavy atom. The van der Waals surface area contributed by atoms with Gasteiger partial charge in [-0.15, -0.1) is 17.9 Å². The van der Waals surface area contributed by atoms with Crippen LogP contribution in [0.2, 0.25) is 0 Å². The van der Waals surface area contributed by atoms with Crippen LogP contribution in [-0.4, -0.2) is 20.5 Å². The van der Waals surface area contributed by atoms with Crippen molar-refractivity contribution in [2.24, 2.45) is 0 Å². The molecule has 0 amide bonds. The van der Waals surface area contributed by atoms with Gasteiger partial charge in [-0.1, -0.05) is 103 Å². The van der Waals surface area contributed by atoms with E-state index < -0.39 is 15.2 Å². The van der Waals surface area contributed by atoms with Gasteiger partial charge < -0.3 is 22.0 Å². The maximum absolute atomic E-state index is 9.75. The second kappa shape index (κ2) is 25.7. The maximum atomic E-state index is 9.75. The zero-order valence-corrected chi connectivity index (χ0v) is 24.6. The average Bonchev–Trinajstić information content (AvgIpc) is 3.52. The van der Waals surface area contributed by atoms with Crippen molar-refractivity contribution in [2.45, 2.75) is 0 Å². The first-order valence-corrected chi connectivity index (χ1v) is 12.5. The molecular formula is C29H28BF4NO2PRe-. The van der Waals surface area contributed by atoms with Crippen molar-refractivity contribution in [3.05, 3.63) is 141 Å². The minimum absolute atomic E-state index is 0. The SMILES string of the molecule is C#CCOCC=C.F[B-](F)(F)F.[CH]1[CH][CH][CH][CH]1.[N]=O.[Re].c1ccc(P(c2ccccc2)c2ccccc2)cc1. The van der Waals surface area contributed by atoms with Crippen LogP contribution in [0.3, 0.4) is 0 Å². The summed E-state index contributed by atoms with van der Waals surface area (Å²) < 4.78 is 43.8. The van der Waals surface area contributed by atoms with Crippen LogP contribution < -0.4 is 21.5 Å². The average molecular weight is 727 g/mol. The summed E-state index contributed by atoms with van der Waals surface area (Å²) in [5, 5.41) is 4.19. The van der Waals surface area contributed by atoms with E-state index in [4.69, 9.17) is 21.7 Å². The third-order valence-electron chi connectivity index (χ3n) is 4.02. The Morgan fingerprint density at radius 3 is 1.26 bits per heavy atom. The Morgan fingerprint density at radius 1 is 0.744 bits per heavy atom. The van der Waals surface area contributed by atoms with E-state index in [9.17, 15) is 17.3 Å². The Bertz CT molecular complexity index is 899. The molecule has 3 nitrogen and oxygen atoms in total. The molecule has 205 valence electrons. The van der Waals surface area contributed by atoms with E-state index in [-0.39, 0.29) is 20.4 Å². The summed E-state index contributed by atoms with van der Waals surface area (Å²) in [4.78, 5) is 7.25. The molecule has 0 atom stereocenters. The molecule has 1 saturated carbocycles. The first-order chi connectivity index (χ1) is 18.4. The van der Waals surface area contributed by atoms with Gasteiger partial charge >= 0.3 is 7.25 Å². The van der Waals surface area contributed by atoms with Crippen molar-refractivity contribution in [3.63, 3.8) is 0 Å². The predicted molar refractivity (Wildman–Crippen MR) is 152 cm³/mol. The minimum atomic E-state index is -6.00. The van der Waals surface area contributed by atoms with Crippen molar-refractivity contribution >= 4 is 31.1 Å². The van der Waals surface area contributed by atoms with Crippen molar-refractivity contribution in [2.75, 3.05) is 13.2 Å². The van der Waals surface area contributed by atoms with Crippen molar-refractivity contribution in [1.29, 1.82) is 0 Å². The number of benzene rings is 3. The standard InChI is InChI=1S/C18H15P.C6H8O.C5H5.BF4.NO.Re/c1-4-10-16(11-5-1)19(17-12-6-2-7-13-17)18-14-8-3-9-15-18;1-3-5-7-6-4-2;1-2-4-5-3-1;2-1(3,4)5;1-2;/h1-15H;1,4H,2,5-6H2;1-5H;;;/q;;;-1;;. The van der Waals surface area contributed by atoms with Gasteiger partial charge in [-0.3, -0.25) is 0 Å². The summed E-state index contributed by atoms with van der Waals surface area (Å²) >= 11 is 0. The van der Waals surface area contributed by atoms with Crippen LogP contribution in [0.25, 0.3) is 0 Å². The molecule has 0 heterocycles. The first-order valence-electron chi connectivity index (χ1n) is 11.2. The summed E-state index contributed by atoms with van der Waals surface area (Å²) in [5.41, 5.74) is 5.75. The molecule has 0 unspecified atom stereocenters. The number of halogens is 4. The predicted octanol–water partition coefficient (Wildman–Crippen LogP) is 6.14. The molecule has 10 heteroatoms. The van der Waals surface area contributed by atoms with E-state index in [0.29, 0.717) is 13.2 Å². The van der Waals surface area contributed by atoms with Crippen LogP contribution in [0.5, 0.6) is 0 Å². The Balaban J connectivity index is 0. The third kappa shape index (κ3) is 22.0. The van der Waals surface area contributed by atoms with Crippen LogP contribution in [-0.2, 0) is 25.2 Å². The molecule has 3 aromatic carbocycles. The molecule has 0 spiro atoms. The van der Waals surface area contributed by atoms with E-state index in [2.05, 4.69) is 103 Å². The van der Waals surface area contributed by atoms with Gasteiger partial charge in [0, 0.05) is 20.4 Å². The second-order valence-electron chi connectivity index (χ2n) is 6.81. The largest absolute Gasteiger partial charge is 0.673 e. The van der Waals surface area contributed by atoms with Gasteiger partial charge in [-0.05, 0) is 55.9 Å². The fraction of sp³-hybridized carbons (Fsp3) is 0.0690. The van der Waals surface area contributed by atoms with Gasteiger partial charge in [0.1, 0.15) is 12.2 Å². The molecule has 0 N–H and O–H groups in total. The summed E-state index contributed by atoms with van der Waals surface area (Å²) in [5.74, 6) is 2.33. The van der Waals surface area contributed by atoms with Gasteiger partial charge in [-0.25, -0.2) is 0 Å². The van der Waals surface area contributed by atoms with E-state index in [1.807, 2.05) is 32.1 Å². The Kier molecular flexibility index (Phi) is 25.4. The van der Waals surface area contributed by atoms with Crippen LogP contribution in [0, 0.1) is 49.4 Å². The molecule has 1 aliphatic carbocycles. The van der Waals surface area contributed by atoms with Crippen molar-refractivity contribution in [3.8, 4) is 12.3 Å². The normalized spacial score (nSPS) is 11.2. The summed E-state index contributed by atoms with van der Waals surface area (Å²) in [6.07, 6.45) is 16.5. The second-order valence-corrected chi connectivity index (χ2v) is 9.03. The molecule has 1 fully saturated rings. The van der Waals surface area contributed by atoms with Gasteiger partial charge in [0.15, 0.2) is 0 Å². The Hall–Kier alpha value is -2.60. The monoisotopic (exact) mass is 727 g/mol. The van der Waals surface area contributed by atoms with Crippen LogP contribution in [0.15, 0.2) is 104 Å². The zero-order valence-electron chi connectivity index (χ0n) is 21.0. The molecule has 0 aliphatic heterocycles. The third-order valence-corrected chi connectivity index (χ3v) is 6.46. The zero-order chi connectivity index (χ0) is 28.5. The van der Waals surface area contributed by atoms with Gasteiger partial charge in [0.25, 0.3) is 0 Å². The van der Waals surface area contributed by atoms with E-state index in [0.717, 1.165) is 0 Å². The number of nitrogens with zero attached hydrogens (tertiary/aromatic N) is 1. The molecule has 39 heavy (non-hydrogen) atoms. The molecule has 4 rings (SSSR count). The molecule has 0 bridgehead atoms. The summed E-state index contributed by atoms with van der Waals surface area (Å²) in [6.45, 7) is 4.37. The maximum Gasteiger partial charge on any atom is 0.673 e. The number of ether oxygens (including phenoxy) is 1. The van der Waals surface area contributed by atoms with E-state index >= 15 is 0 Å². The van der Waals surface area contributed by atoms with Gasteiger partial charge in [0.05, 0.1) is 6.61 Å². The fourth-order valence-electron chi connectivity index (χ4n) is 2.70. The number of rotatable bonds is 6. The molecule has 3 aromatic rings. The fourth-order valence-corrected chi connectivity index (χ4v) is 5.01. The molecular weight excluding hydrogens is 698 g/mol. The van der Waals surface area contributed by atoms with Crippen molar-refractivity contribution < 1.29 is 42.4 Å². The molecule has 0 saturated heterocycles. The van der Waals surface area contributed by atoms with Crippen LogP contribution in [0.1, 0.15) is 0 Å². The molecule has 1 aliphatic rings. The quantitative estimate of drug-likeness (QED) is 0.0767. The number of hydrogen-bond acceptors (Lipinski definition) is 2. The minimum Gasteiger partial charge on any atom is -0.418 e. The molecule has 0 aromatic heterocycles. The molecule has 7 radical (unpaired) electrons. The topological polar surface area (TPSA) is 48.6 Å². The summed E-state index contributed by atoms with van der Waals surface area (Å²) in [7, 11) is -6.45. The van der Waals surface area contributed by atoms with E-state index in [1.165, 1.54) is 15.9 Å². The number of hydrogen-bond donors (Lipinski definition) is 0. The van der Waals surface area contributed by atoms with Crippen LogP contribution >= 0.6 is 7.92 Å². The van der Waals surface area contributed by atoms with Crippen molar-refractivity contribution in [1.82, 2.24) is 5.59 Å². The van der Waals surface area contributed by atoms with Crippen LogP contribution in [0.4, 0.5) is 17.3 Å². The number of terminal acetylenes is 1. The van der Waals surface area contributed by atoms with E-state index in [1.54, 1.807) is 6.08 Å². The Labute approximate surface area is 244 Å². The smallest absolute Gasteiger partial charge is 0.418 e. The summed E-state index contributed by atoms with van der Waals surface area (Å²) in [6, 6.07) is 32.3. The first kappa shape index (κ1) is 38.5.